The van der Waals surface area contributed by atoms with Crippen LogP contribution in [-0.2, 0) is 17.6 Å². The summed E-state index contributed by atoms with van der Waals surface area (Å²) in [5.74, 6) is -0.186. The third-order valence-electron chi connectivity index (χ3n) is 4.38. The molecule has 6 heteroatoms. The van der Waals surface area contributed by atoms with Crippen LogP contribution in [0.1, 0.15) is 21.6 Å². The molecule has 130 valence electrons. The van der Waals surface area contributed by atoms with Gasteiger partial charge in [0.25, 0.3) is 5.24 Å². The van der Waals surface area contributed by atoms with Gasteiger partial charge in [-0.1, -0.05) is 42.1 Å². The Kier molecular flexibility index (Phi) is 4.34. The number of fused-ring (bicyclic) bond motifs is 1. The van der Waals surface area contributed by atoms with Crippen LogP contribution in [0.3, 0.4) is 0 Å². The highest BCUT2D eigenvalue weighted by Gasteiger charge is 2.31. The van der Waals surface area contributed by atoms with Crippen molar-refractivity contribution in [3.63, 3.8) is 0 Å². The molecule has 2 N–H and O–H groups in total. The minimum Gasteiger partial charge on any atom is -0.358 e. The molecule has 2 amide bonds. The van der Waals surface area contributed by atoms with E-state index >= 15 is 0 Å². The molecule has 2 heterocycles. The Morgan fingerprint density at radius 2 is 1.85 bits per heavy atom. The Bertz CT molecular complexity index is 1010. The summed E-state index contributed by atoms with van der Waals surface area (Å²) in [5.41, 5.74) is 3.43. The summed E-state index contributed by atoms with van der Waals surface area (Å²) < 4.78 is 0. The average Bonchev–Trinajstić information content (AvgIpc) is 3.17. The van der Waals surface area contributed by atoms with Crippen LogP contribution < -0.4 is 5.32 Å². The molecule has 1 fully saturated rings. The fraction of sp³-hybridized carbons (Fsp3) is 0.150. The SMILES string of the molecule is O=C1NC(=O)C(Cc2cc3cc(C(=O)Cc4ccccc4)ccc3[nH]2)S1. The van der Waals surface area contributed by atoms with E-state index in [1.165, 1.54) is 0 Å². The van der Waals surface area contributed by atoms with E-state index in [-0.39, 0.29) is 16.9 Å². The number of hydrogen-bond donors (Lipinski definition) is 2. The molecular formula is C20H16N2O3S. The van der Waals surface area contributed by atoms with Gasteiger partial charge < -0.3 is 4.98 Å². The van der Waals surface area contributed by atoms with Gasteiger partial charge in [0.15, 0.2) is 5.78 Å². The topological polar surface area (TPSA) is 79.0 Å². The number of ketones is 1. The van der Waals surface area contributed by atoms with E-state index in [1.807, 2.05) is 54.6 Å². The van der Waals surface area contributed by atoms with Crippen molar-refractivity contribution in [2.45, 2.75) is 18.1 Å². The van der Waals surface area contributed by atoms with Crippen LogP contribution in [0.2, 0.25) is 0 Å². The van der Waals surface area contributed by atoms with Gasteiger partial charge in [0.2, 0.25) is 5.91 Å². The van der Waals surface area contributed by atoms with Gasteiger partial charge in [0.1, 0.15) is 0 Å². The molecule has 2 aromatic carbocycles. The van der Waals surface area contributed by atoms with Crippen molar-refractivity contribution in [1.29, 1.82) is 0 Å². The lowest BCUT2D eigenvalue weighted by Gasteiger charge is -2.02. The fourth-order valence-corrected chi connectivity index (χ4v) is 3.93. The predicted octanol–water partition coefficient (Wildman–Crippen LogP) is 3.49. The molecule has 1 aromatic heterocycles. The van der Waals surface area contributed by atoms with Gasteiger partial charge in [-0.3, -0.25) is 19.7 Å². The number of amides is 2. The number of benzene rings is 2. The quantitative estimate of drug-likeness (QED) is 0.679. The van der Waals surface area contributed by atoms with E-state index in [9.17, 15) is 14.4 Å². The second-order valence-corrected chi connectivity index (χ2v) is 7.45. The van der Waals surface area contributed by atoms with E-state index in [0.29, 0.717) is 18.4 Å². The Morgan fingerprint density at radius 1 is 1.04 bits per heavy atom. The maximum Gasteiger partial charge on any atom is 0.286 e. The fourth-order valence-electron chi connectivity index (χ4n) is 3.09. The van der Waals surface area contributed by atoms with Crippen LogP contribution in [-0.4, -0.2) is 27.2 Å². The summed E-state index contributed by atoms with van der Waals surface area (Å²) in [6.07, 6.45) is 0.814. The van der Waals surface area contributed by atoms with E-state index < -0.39 is 5.25 Å². The van der Waals surface area contributed by atoms with Crippen LogP contribution in [0, 0.1) is 0 Å². The number of hydrogen-bond acceptors (Lipinski definition) is 4. The van der Waals surface area contributed by atoms with Crippen LogP contribution >= 0.6 is 11.8 Å². The molecule has 1 aliphatic rings. The van der Waals surface area contributed by atoms with Gasteiger partial charge in [0.05, 0.1) is 5.25 Å². The summed E-state index contributed by atoms with van der Waals surface area (Å²) in [4.78, 5) is 38.8. The molecule has 0 saturated carbocycles. The number of rotatable bonds is 5. The van der Waals surface area contributed by atoms with Crippen molar-refractivity contribution in [3.8, 4) is 0 Å². The van der Waals surface area contributed by atoms with E-state index in [4.69, 9.17) is 0 Å². The zero-order valence-electron chi connectivity index (χ0n) is 13.8. The van der Waals surface area contributed by atoms with Crippen LogP contribution in [0.5, 0.6) is 0 Å². The summed E-state index contributed by atoms with van der Waals surface area (Å²) in [6, 6.07) is 17.2. The molecule has 26 heavy (non-hydrogen) atoms. The number of carbonyl (C=O) groups is 3. The van der Waals surface area contributed by atoms with Crippen LogP contribution in [0.25, 0.3) is 10.9 Å². The van der Waals surface area contributed by atoms with Crippen molar-refractivity contribution in [2.24, 2.45) is 0 Å². The number of thioether (sulfide) groups is 1. The number of H-pyrrole nitrogens is 1. The second-order valence-electron chi connectivity index (χ2n) is 6.27. The van der Waals surface area contributed by atoms with Crippen molar-refractivity contribution in [2.75, 3.05) is 0 Å². The molecule has 1 unspecified atom stereocenters. The van der Waals surface area contributed by atoms with E-state index in [2.05, 4.69) is 10.3 Å². The highest BCUT2D eigenvalue weighted by Crippen LogP contribution is 2.25. The number of aromatic amines is 1. The highest BCUT2D eigenvalue weighted by molar-refractivity contribution is 8.15. The first kappa shape index (κ1) is 16.6. The molecule has 0 aliphatic carbocycles. The summed E-state index contributed by atoms with van der Waals surface area (Å²) in [5, 5.41) is 2.51. The first-order valence-electron chi connectivity index (χ1n) is 8.29. The zero-order valence-corrected chi connectivity index (χ0v) is 14.6. The number of carbonyl (C=O) groups excluding carboxylic acids is 3. The molecule has 0 bridgehead atoms. The minimum atomic E-state index is -0.408. The van der Waals surface area contributed by atoms with Crippen molar-refractivity contribution >= 4 is 39.6 Å². The molecule has 3 aromatic rings. The molecular weight excluding hydrogens is 348 g/mol. The number of aromatic nitrogens is 1. The summed E-state index contributed by atoms with van der Waals surface area (Å²) >= 11 is 1.01. The summed E-state index contributed by atoms with van der Waals surface area (Å²) in [6.45, 7) is 0. The lowest BCUT2D eigenvalue weighted by Crippen LogP contribution is -2.25. The lowest BCUT2D eigenvalue weighted by molar-refractivity contribution is -0.118. The van der Waals surface area contributed by atoms with Gasteiger partial charge in [-0.15, -0.1) is 0 Å². The molecule has 1 aliphatic heterocycles. The third kappa shape index (κ3) is 3.41. The van der Waals surface area contributed by atoms with Crippen molar-refractivity contribution in [1.82, 2.24) is 10.3 Å². The standard InChI is InChI=1S/C20H16N2O3S/c23-17(8-12-4-2-1-3-5-12)13-6-7-16-14(9-13)10-15(21-16)11-18-19(24)22-20(25)26-18/h1-7,9-10,18,21H,8,11H2,(H,22,24,25). The largest absolute Gasteiger partial charge is 0.358 e. The highest BCUT2D eigenvalue weighted by atomic mass is 32.2. The van der Waals surface area contributed by atoms with Crippen molar-refractivity contribution < 1.29 is 14.4 Å². The Hall–Kier alpha value is -2.86. The Balaban J connectivity index is 1.53. The van der Waals surface area contributed by atoms with Gasteiger partial charge in [0, 0.05) is 35.0 Å². The minimum absolute atomic E-state index is 0.0668. The predicted molar refractivity (Wildman–Crippen MR) is 101 cm³/mol. The Morgan fingerprint density at radius 3 is 2.58 bits per heavy atom. The van der Waals surface area contributed by atoms with Gasteiger partial charge in [-0.25, -0.2) is 0 Å². The monoisotopic (exact) mass is 364 g/mol. The molecule has 4 rings (SSSR count). The second kappa shape index (κ2) is 6.80. The normalized spacial score (nSPS) is 16.8. The zero-order chi connectivity index (χ0) is 18.1. The molecule has 0 radical (unpaired) electrons. The molecule has 1 saturated heterocycles. The smallest absolute Gasteiger partial charge is 0.286 e. The van der Waals surface area contributed by atoms with Gasteiger partial charge in [-0.05, 0) is 29.8 Å². The van der Waals surface area contributed by atoms with Gasteiger partial charge >= 0.3 is 0 Å². The molecule has 5 nitrogen and oxygen atoms in total. The Labute approximate surface area is 154 Å². The number of imide groups is 1. The average molecular weight is 364 g/mol. The van der Waals surface area contributed by atoms with Crippen LogP contribution in [0.15, 0.2) is 54.6 Å². The lowest BCUT2D eigenvalue weighted by atomic mass is 10.0. The summed E-state index contributed by atoms with van der Waals surface area (Å²) in [7, 11) is 0. The van der Waals surface area contributed by atoms with E-state index in [0.717, 1.165) is 33.9 Å². The van der Waals surface area contributed by atoms with Crippen molar-refractivity contribution in [3.05, 3.63) is 71.4 Å². The van der Waals surface area contributed by atoms with E-state index in [1.54, 1.807) is 0 Å². The maximum absolute atomic E-state index is 12.5. The maximum atomic E-state index is 12.5. The third-order valence-corrected chi connectivity index (χ3v) is 5.36. The number of nitrogens with one attached hydrogen (secondary N) is 2. The molecule has 1 atom stereocenters. The first-order chi connectivity index (χ1) is 12.6. The van der Waals surface area contributed by atoms with Gasteiger partial charge in [-0.2, -0.15) is 0 Å². The molecule has 0 spiro atoms. The first-order valence-corrected chi connectivity index (χ1v) is 9.17. The van der Waals surface area contributed by atoms with Crippen LogP contribution in [0.4, 0.5) is 4.79 Å². The number of Topliss-reactive ketones (excluding diaryl/α,β-unsaturated/α-hetero) is 1.